The van der Waals surface area contributed by atoms with Crippen molar-refractivity contribution in [2.24, 2.45) is 5.92 Å². The molecule has 0 radical (unpaired) electrons. The van der Waals surface area contributed by atoms with Gasteiger partial charge in [-0.15, -0.1) is 11.8 Å². The van der Waals surface area contributed by atoms with E-state index in [1.807, 2.05) is 18.2 Å². The Morgan fingerprint density at radius 2 is 1.93 bits per heavy atom. The summed E-state index contributed by atoms with van der Waals surface area (Å²) in [6.07, 6.45) is 1.66. The average molecular weight is 450 g/mol. The minimum absolute atomic E-state index is 0.121. The zero-order valence-electron chi connectivity index (χ0n) is 17.1. The summed E-state index contributed by atoms with van der Waals surface area (Å²) in [4.78, 5) is 19.0. The fourth-order valence-corrected chi connectivity index (χ4v) is 5.50. The monoisotopic (exact) mass is 449 g/mol. The molecule has 0 spiro atoms. The van der Waals surface area contributed by atoms with Crippen LogP contribution in [-0.2, 0) is 16.4 Å². The number of hydrogen-bond acceptors (Lipinski definition) is 6. The zero-order valence-corrected chi connectivity index (χ0v) is 18.8. The number of aryl methyl sites for hydroxylation is 1. The van der Waals surface area contributed by atoms with E-state index in [-0.39, 0.29) is 24.7 Å². The molecule has 1 fully saturated rings. The van der Waals surface area contributed by atoms with Crippen LogP contribution >= 0.6 is 11.8 Å². The molecule has 1 aliphatic rings. The third kappa shape index (κ3) is 5.60. The molecule has 1 amide bonds. The summed E-state index contributed by atoms with van der Waals surface area (Å²) in [5, 5.41) is 11.0. The highest BCUT2D eigenvalue weighted by atomic mass is 32.2. The Hall–Kier alpha value is -1.94. The van der Waals surface area contributed by atoms with Gasteiger partial charge in [-0.2, -0.15) is 0 Å². The quantitative estimate of drug-likeness (QED) is 0.618. The molecule has 2 aromatic rings. The van der Waals surface area contributed by atoms with Crippen LogP contribution in [0.1, 0.15) is 15.9 Å². The maximum Gasteiger partial charge on any atom is 0.256 e. The number of benzene rings is 1. The normalized spacial score (nSPS) is 19.4. The van der Waals surface area contributed by atoms with E-state index in [9.17, 15) is 18.3 Å². The molecule has 7 nitrogen and oxygen atoms in total. The third-order valence-electron chi connectivity index (χ3n) is 5.15. The second-order valence-corrected chi connectivity index (χ2v) is 10.8. The van der Waals surface area contributed by atoms with Gasteiger partial charge >= 0.3 is 0 Å². The largest absolute Gasteiger partial charge is 0.391 e. The Balaban J connectivity index is 1.65. The third-order valence-corrected chi connectivity index (χ3v) is 8.12. The van der Waals surface area contributed by atoms with Crippen molar-refractivity contribution >= 4 is 27.7 Å². The standard InChI is InChI=1S/C21H27N3O4S2/c1-23(2)30(27,28)15-17-13-24(14-19(17)25)21(26)18-9-6-11-22-20(18)29-12-10-16-7-4-3-5-8-16/h3-9,11,17,19,25H,10,12-15H2,1-2H3/t17-,19+/m0/s1. The molecule has 0 aliphatic carbocycles. The molecule has 1 saturated heterocycles. The fraction of sp³-hybridized carbons (Fsp3) is 0.429. The smallest absolute Gasteiger partial charge is 0.256 e. The summed E-state index contributed by atoms with van der Waals surface area (Å²) < 4.78 is 25.5. The molecule has 2 heterocycles. The number of likely N-dealkylation sites (tertiary alicyclic amines) is 1. The number of thioether (sulfide) groups is 1. The second-order valence-electron chi connectivity index (χ2n) is 7.54. The van der Waals surface area contributed by atoms with Crippen molar-refractivity contribution in [2.45, 2.75) is 17.6 Å². The maximum absolute atomic E-state index is 13.1. The minimum Gasteiger partial charge on any atom is -0.391 e. The van der Waals surface area contributed by atoms with Crippen molar-refractivity contribution in [1.29, 1.82) is 0 Å². The van der Waals surface area contributed by atoms with Crippen LogP contribution in [0.15, 0.2) is 53.7 Å². The minimum atomic E-state index is -3.46. The van der Waals surface area contributed by atoms with Gasteiger partial charge in [-0.3, -0.25) is 4.79 Å². The van der Waals surface area contributed by atoms with Crippen LogP contribution < -0.4 is 0 Å². The van der Waals surface area contributed by atoms with Crippen LogP contribution in [-0.4, -0.2) is 78.4 Å². The second kappa shape index (κ2) is 9.91. The van der Waals surface area contributed by atoms with E-state index in [1.165, 1.54) is 36.3 Å². The van der Waals surface area contributed by atoms with Crippen LogP contribution in [0.25, 0.3) is 0 Å². The Bertz CT molecular complexity index is 967. The van der Waals surface area contributed by atoms with Crippen LogP contribution in [0.3, 0.4) is 0 Å². The lowest BCUT2D eigenvalue weighted by atomic mass is 10.1. The van der Waals surface area contributed by atoms with Crippen molar-refractivity contribution in [2.75, 3.05) is 38.7 Å². The highest BCUT2D eigenvalue weighted by molar-refractivity contribution is 7.99. The summed E-state index contributed by atoms with van der Waals surface area (Å²) in [5.41, 5.74) is 1.71. The number of pyridine rings is 1. The summed E-state index contributed by atoms with van der Waals surface area (Å²) in [6, 6.07) is 13.6. The predicted molar refractivity (Wildman–Crippen MR) is 118 cm³/mol. The van der Waals surface area contributed by atoms with Gasteiger partial charge in [0.05, 0.1) is 17.4 Å². The summed E-state index contributed by atoms with van der Waals surface area (Å²) in [5.74, 6) is -0.133. The van der Waals surface area contributed by atoms with E-state index < -0.39 is 22.0 Å². The van der Waals surface area contributed by atoms with E-state index in [2.05, 4.69) is 17.1 Å². The number of aliphatic hydroxyl groups is 1. The number of aromatic nitrogens is 1. The molecule has 9 heteroatoms. The Morgan fingerprint density at radius 1 is 1.20 bits per heavy atom. The fourth-order valence-electron chi connectivity index (χ4n) is 3.35. The number of hydrogen-bond donors (Lipinski definition) is 1. The van der Waals surface area contributed by atoms with Crippen LogP contribution in [0.4, 0.5) is 0 Å². The number of carbonyl (C=O) groups is 1. The lowest BCUT2D eigenvalue weighted by Crippen LogP contribution is -2.33. The maximum atomic E-state index is 13.1. The van der Waals surface area contributed by atoms with Gasteiger partial charge in [0.2, 0.25) is 10.0 Å². The average Bonchev–Trinajstić information content (AvgIpc) is 3.08. The van der Waals surface area contributed by atoms with Gasteiger partial charge < -0.3 is 10.0 Å². The van der Waals surface area contributed by atoms with Crippen LogP contribution in [0, 0.1) is 5.92 Å². The molecule has 0 unspecified atom stereocenters. The van der Waals surface area contributed by atoms with Crippen molar-refractivity contribution in [3.8, 4) is 0 Å². The lowest BCUT2D eigenvalue weighted by molar-refractivity contribution is 0.0760. The SMILES string of the molecule is CN(C)S(=O)(=O)C[C@@H]1CN(C(=O)c2cccnc2SCCc2ccccc2)C[C@H]1O. The molecule has 2 atom stereocenters. The van der Waals surface area contributed by atoms with Gasteiger partial charge in [0, 0.05) is 45.1 Å². The first-order valence-electron chi connectivity index (χ1n) is 9.77. The number of sulfonamides is 1. The lowest BCUT2D eigenvalue weighted by Gasteiger charge is -2.18. The highest BCUT2D eigenvalue weighted by Crippen LogP contribution is 2.26. The molecule has 1 aromatic heterocycles. The van der Waals surface area contributed by atoms with Gasteiger partial charge in [-0.25, -0.2) is 17.7 Å². The van der Waals surface area contributed by atoms with E-state index >= 15 is 0 Å². The number of carbonyl (C=O) groups excluding carboxylic acids is 1. The van der Waals surface area contributed by atoms with Gasteiger partial charge in [0.25, 0.3) is 5.91 Å². The first-order valence-corrected chi connectivity index (χ1v) is 12.4. The number of rotatable bonds is 8. The van der Waals surface area contributed by atoms with Crippen molar-refractivity contribution in [3.63, 3.8) is 0 Å². The number of aliphatic hydroxyl groups excluding tert-OH is 1. The van der Waals surface area contributed by atoms with Crippen LogP contribution in [0.5, 0.6) is 0 Å². The van der Waals surface area contributed by atoms with E-state index in [4.69, 9.17) is 0 Å². The van der Waals surface area contributed by atoms with Gasteiger partial charge in [0.15, 0.2) is 0 Å². The number of amides is 1. The summed E-state index contributed by atoms with van der Waals surface area (Å²) in [6.45, 7) is 0.325. The van der Waals surface area contributed by atoms with Crippen molar-refractivity contribution < 1.29 is 18.3 Å². The zero-order chi connectivity index (χ0) is 21.7. The van der Waals surface area contributed by atoms with Crippen molar-refractivity contribution in [3.05, 3.63) is 59.8 Å². The highest BCUT2D eigenvalue weighted by Gasteiger charge is 2.38. The van der Waals surface area contributed by atoms with E-state index in [0.29, 0.717) is 10.6 Å². The number of nitrogens with zero attached hydrogens (tertiary/aromatic N) is 3. The molecular weight excluding hydrogens is 422 g/mol. The molecule has 162 valence electrons. The molecule has 0 saturated carbocycles. The first-order chi connectivity index (χ1) is 14.3. The summed E-state index contributed by atoms with van der Waals surface area (Å²) in [7, 11) is -0.523. The van der Waals surface area contributed by atoms with Gasteiger partial charge in [0.1, 0.15) is 5.03 Å². The molecular formula is C21H27N3O4S2. The molecule has 1 aliphatic heterocycles. The number of β-amino-alcohol motifs (C(OH)–C–C–N with tert-alkyl or cyclic N) is 1. The van der Waals surface area contributed by atoms with E-state index in [0.717, 1.165) is 16.5 Å². The topological polar surface area (TPSA) is 90.8 Å². The molecule has 1 N–H and O–H groups in total. The molecule has 0 bridgehead atoms. The molecule has 3 rings (SSSR count). The van der Waals surface area contributed by atoms with Gasteiger partial charge in [-0.1, -0.05) is 30.3 Å². The Morgan fingerprint density at radius 3 is 2.63 bits per heavy atom. The first kappa shape index (κ1) is 22.7. The van der Waals surface area contributed by atoms with Crippen LogP contribution in [0.2, 0.25) is 0 Å². The summed E-state index contributed by atoms with van der Waals surface area (Å²) >= 11 is 1.52. The Kier molecular flexibility index (Phi) is 7.51. The van der Waals surface area contributed by atoms with Crippen molar-refractivity contribution in [1.82, 2.24) is 14.2 Å². The molecule has 1 aromatic carbocycles. The Labute approximate surface area is 182 Å². The van der Waals surface area contributed by atoms with Gasteiger partial charge in [-0.05, 0) is 24.1 Å². The predicted octanol–water partition coefficient (Wildman–Crippen LogP) is 1.74. The molecule has 30 heavy (non-hydrogen) atoms. The van der Waals surface area contributed by atoms with E-state index in [1.54, 1.807) is 18.3 Å².